The lowest BCUT2D eigenvalue weighted by Gasteiger charge is -2.08. The first-order valence-electron chi connectivity index (χ1n) is 5.83. The maximum atomic E-state index is 10.5. The van der Waals surface area contributed by atoms with E-state index in [0.29, 0.717) is 11.3 Å². The van der Waals surface area contributed by atoms with Crippen molar-refractivity contribution in [2.24, 2.45) is 5.16 Å². The minimum atomic E-state index is -0.447. The van der Waals surface area contributed by atoms with Crippen LogP contribution in [0.4, 0.5) is 5.69 Å². The third kappa shape index (κ3) is 3.32. The van der Waals surface area contributed by atoms with Gasteiger partial charge in [-0.1, -0.05) is 17.3 Å². The van der Waals surface area contributed by atoms with Crippen LogP contribution in [0.3, 0.4) is 0 Å². The van der Waals surface area contributed by atoms with Gasteiger partial charge < -0.3 is 9.94 Å². The fraction of sp³-hybridized carbons (Fsp3) is 0.0714. The van der Waals surface area contributed by atoms with Gasteiger partial charge in [-0.25, -0.2) is 0 Å². The highest BCUT2D eigenvalue weighted by Crippen LogP contribution is 2.18. The molecular weight excluding hydrogens is 260 g/mol. The number of hydrogen-bond donors (Lipinski definition) is 1. The summed E-state index contributed by atoms with van der Waals surface area (Å²) in [6.45, 7) is 0.272. The Labute approximate surface area is 115 Å². The molecule has 0 aliphatic rings. The first-order chi connectivity index (χ1) is 9.70. The van der Waals surface area contributed by atoms with Crippen LogP contribution >= 0.6 is 0 Å². The molecule has 2 rings (SSSR count). The number of nitro benzene ring substituents is 1. The van der Waals surface area contributed by atoms with Crippen LogP contribution in [0.25, 0.3) is 0 Å². The molecule has 0 unspecified atom stereocenters. The van der Waals surface area contributed by atoms with E-state index in [1.54, 1.807) is 36.4 Å². The molecule has 0 heterocycles. The van der Waals surface area contributed by atoms with Crippen LogP contribution in [-0.4, -0.2) is 16.3 Å². The Bertz CT molecular complexity index is 623. The lowest BCUT2D eigenvalue weighted by Crippen LogP contribution is -1.98. The highest BCUT2D eigenvalue weighted by atomic mass is 16.6. The number of oxime groups is 1. The minimum absolute atomic E-state index is 0.0431. The third-order valence-electron chi connectivity index (χ3n) is 2.66. The molecule has 0 aliphatic carbocycles. The summed E-state index contributed by atoms with van der Waals surface area (Å²) in [6.07, 6.45) is 1.28. The van der Waals surface area contributed by atoms with Gasteiger partial charge in [0.05, 0.1) is 11.1 Å². The van der Waals surface area contributed by atoms with Crippen molar-refractivity contribution in [1.82, 2.24) is 0 Å². The second-order valence-electron chi connectivity index (χ2n) is 3.99. The van der Waals surface area contributed by atoms with Crippen LogP contribution in [0.1, 0.15) is 11.1 Å². The van der Waals surface area contributed by atoms with Crippen molar-refractivity contribution in [2.75, 3.05) is 0 Å². The summed E-state index contributed by atoms with van der Waals surface area (Å²) >= 11 is 0. The van der Waals surface area contributed by atoms with Gasteiger partial charge >= 0.3 is 0 Å². The molecule has 2 aromatic rings. The Morgan fingerprint density at radius 3 is 2.55 bits per heavy atom. The number of non-ortho nitro benzene ring substituents is 1. The molecule has 0 saturated heterocycles. The molecule has 6 nitrogen and oxygen atoms in total. The molecule has 1 N–H and O–H groups in total. The van der Waals surface area contributed by atoms with E-state index in [4.69, 9.17) is 9.94 Å². The van der Waals surface area contributed by atoms with Crippen LogP contribution in [0.2, 0.25) is 0 Å². The zero-order valence-electron chi connectivity index (χ0n) is 10.5. The van der Waals surface area contributed by atoms with Crippen molar-refractivity contribution in [2.45, 2.75) is 6.61 Å². The lowest BCUT2D eigenvalue weighted by atomic mass is 10.2. The summed E-state index contributed by atoms with van der Waals surface area (Å²) in [7, 11) is 0. The fourth-order valence-corrected chi connectivity index (χ4v) is 1.66. The quantitative estimate of drug-likeness (QED) is 0.392. The molecule has 0 fully saturated rings. The topological polar surface area (TPSA) is 85.0 Å². The van der Waals surface area contributed by atoms with E-state index in [2.05, 4.69) is 5.16 Å². The Morgan fingerprint density at radius 2 is 1.90 bits per heavy atom. The summed E-state index contributed by atoms with van der Waals surface area (Å²) in [5.74, 6) is 0.573. The minimum Gasteiger partial charge on any atom is -0.488 e. The maximum Gasteiger partial charge on any atom is 0.269 e. The van der Waals surface area contributed by atoms with E-state index < -0.39 is 4.92 Å². The van der Waals surface area contributed by atoms with E-state index in [-0.39, 0.29) is 12.3 Å². The lowest BCUT2D eigenvalue weighted by molar-refractivity contribution is -0.384. The second kappa shape index (κ2) is 6.33. The third-order valence-corrected chi connectivity index (χ3v) is 2.66. The number of ether oxygens (including phenoxy) is 1. The largest absolute Gasteiger partial charge is 0.488 e. The molecule has 102 valence electrons. The fourth-order valence-electron chi connectivity index (χ4n) is 1.66. The molecule has 0 amide bonds. The summed E-state index contributed by atoms with van der Waals surface area (Å²) in [5.41, 5.74) is 1.50. The van der Waals surface area contributed by atoms with Gasteiger partial charge in [0.1, 0.15) is 12.4 Å². The molecular formula is C14H12N2O4. The average Bonchev–Trinajstić information content (AvgIpc) is 2.47. The number of hydrogen-bond acceptors (Lipinski definition) is 5. The summed E-state index contributed by atoms with van der Waals surface area (Å²) < 4.78 is 5.60. The van der Waals surface area contributed by atoms with Crippen molar-refractivity contribution >= 4 is 11.9 Å². The van der Waals surface area contributed by atoms with Gasteiger partial charge in [-0.15, -0.1) is 0 Å². The summed E-state index contributed by atoms with van der Waals surface area (Å²) in [5, 5.41) is 22.1. The van der Waals surface area contributed by atoms with Gasteiger partial charge in [-0.05, 0) is 29.8 Å². The number of benzene rings is 2. The highest BCUT2D eigenvalue weighted by Gasteiger charge is 2.05. The van der Waals surface area contributed by atoms with Gasteiger partial charge in [-0.2, -0.15) is 0 Å². The van der Waals surface area contributed by atoms with Gasteiger partial charge in [0.25, 0.3) is 5.69 Å². The SMILES string of the molecule is O=[N+]([O-])c1ccc(COc2ccccc2/C=N/O)cc1. The second-order valence-corrected chi connectivity index (χ2v) is 3.99. The Balaban J connectivity index is 2.07. The molecule has 0 saturated carbocycles. The van der Waals surface area contributed by atoms with Gasteiger partial charge in [0.2, 0.25) is 0 Å². The number of nitrogens with zero attached hydrogens (tertiary/aromatic N) is 2. The molecule has 0 atom stereocenters. The van der Waals surface area contributed by atoms with Crippen LogP contribution in [0, 0.1) is 10.1 Å². The molecule has 0 aromatic heterocycles. The average molecular weight is 272 g/mol. The van der Waals surface area contributed by atoms with Crippen LogP contribution in [0.15, 0.2) is 53.7 Å². The summed E-state index contributed by atoms with van der Waals surface area (Å²) in [4.78, 5) is 10.1. The van der Waals surface area contributed by atoms with E-state index in [0.717, 1.165) is 5.56 Å². The Hall–Kier alpha value is -2.89. The van der Waals surface area contributed by atoms with Crippen LogP contribution in [0.5, 0.6) is 5.75 Å². The zero-order valence-corrected chi connectivity index (χ0v) is 10.5. The van der Waals surface area contributed by atoms with Gasteiger partial charge in [-0.3, -0.25) is 10.1 Å². The Morgan fingerprint density at radius 1 is 1.20 bits per heavy atom. The molecule has 0 bridgehead atoms. The molecule has 0 aliphatic heterocycles. The van der Waals surface area contributed by atoms with E-state index in [1.807, 2.05) is 0 Å². The number of para-hydroxylation sites is 1. The monoisotopic (exact) mass is 272 g/mol. The van der Waals surface area contributed by atoms with Crippen molar-refractivity contribution in [1.29, 1.82) is 0 Å². The first-order valence-corrected chi connectivity index (χ1v) is 5.83. The zero-order chi connectivity index (χ0) is 14.4. The molecule has 6 heteroatoms. The smallest absolute Gasteiger partial charge is 0.269 e. The van der Waals surface area contributed by atoms with Crippen LogP contribution in [-0.2, 0) is 6.61 Å². The highest BCUT2D eigenvalue weighted by molar-refractivity contribution is 5.82. The molecule has 20 heavy (non-hydrogen) atoms. The molecule has 0 radical (unpaired) electrons. The van der Waals surface area contributed by atoms with E-state index in [1.165, 1.54) is 18.3 Å². The van der Waals surface area contributed by atoms with E-state index in [9.17, 15) is 10.1 Å². The predicted octanol–water partition coefficient (Wildman–Crippen LogP) is 2.98. The van der Waals surface area contributed by atoms with Crippen molar-refractivity contribution in [3.8, 4) is 5.75 Å². The van der Waals surface area contributed by atoms with Gasteiger partial charge in [0.15, 0.2) is 0 Å². The van der Waals surface area contributed by atoms with Crippen molar-refractivity contribution in [3.63, 3.8) is 0 Å². The first kappa shape index (κ1) is 13.5. The molecule has 2 aromatic carbocycles. The van der Waals surface area contributed by atoms with Gasteiger partial charge in [0, 0.05) is 17.7 Å². The number of rotatable bonds is 5. The molecule has 0 spiro atoms. The van der Waals surface area contributed by atoms with E-state index >= 15 is 0 Å². The number of nitro groups is 1. The standard InChI is InChI=1S/C14H12N2O4/c17-15-9-12-3-1-2-4-14(12)20-10-11-5-7-13(8-6-11)16(18)19/h1-9,17H,10H2/b15-9+. The van der Waals surface area contributed by atoms with Crippen molar-refractivity contribution < 1.29 is 14.9 Å². The predicted molar refractivity (Wildman–Crippen MR) is 73.3 cm³/mol. The van der Waals surface area contributed by atoms with Crippen LogP contribution < -0.4 is 4.74 Å². The van der Waals surface area contributed by atoms with Crippen molar-refractivity contribution in [3.05, 3.63) is 69.8 Å². The summed E-state index contributed by atoms with van der Waals surface area (Å²) in [6, 6.07) is 13.3. The normalized spacial score (nSPS) is 10.6. The maximum absolute atomic E-state index is 10.5. The Kier molecular flexibility index (Phi) is 4.28.